The van der Waals surface area contributed by atoms with Crippen LogP contribution in [-0.2, 0) is 0 Å². The van der Waals surface area contributed by atoms with Crippen LogP contribution in [0.3, 0.4) is 0 Å². The van der Waals surface area contributed by atoms with E-state index in [2.05, 4.69) is 15.9 Å². The lowest BCUT2D eigenvalue weighted by atomic mass is 9.98. The first-order chi connectivity index (χ1) is 9.02. The molecular formula is C15H15BrFNO. The molecule has 0 radical (unpaired) electrons. The molecule has 1 unspecified atom stereocenters. The fourth-order valence-corrected chi connectivity index (χ4v) is 2.24. The number of halogens is 2. The second kappa shape index (κ2) is 5.72. The fourth-order valence-electron chi connectivity index (χ4n) is 1.99. The Balaban J connectivity index is 2.35. The molecule has 2 aromatic rings. The van der Waals surface area contributed by atoms with Crippen LogP contribution in [0.25, 0.3) is 0 Å². The van der Waals surface area contributed by atoms with Crippen LogP contribution in [0.15, 0.2) is 40.9 Å². The summed E-state index contributed by atoms with van der Waals surface area (Å²) in [6, 6.07) is 10.3. The minimum atomic E-state index is -0.354. The Labute approximate surface area is 120 Å². The molecule has 0 bridgehead atoms. The highest BCUT2D eigenvalue weighted by molar-refractivity contribution is 9.10. The van der Waals surface area contributed by atoms with E-state index in [1.54, 1.807) is 13.2 Å². The van der Waals surface area contributed by atoms with Crippen molar-refractivity contribution in [2.24, 2.45) is 5.73 Å². The number of methoxy groups -OCH3 is 1. The van der Waals surface area contributed by atoms with Gasteiger partial charge < -0.3 is 10.5 Å². The zero-order valence-electron chi connectivity index (χ0n) is 10.8. The predicted octanol–water partition coefficient (Wildman–Crippen LogP) is 3.95. The summed E-state index contributed by atoms with van der Waals surface area (Å²) in [6.45, 7) is 1.96. The lowest BCUT2D eigenvalue weighted by Gasteiger charge is -2.15. The third-order valence-electron chi connectivity index (χ3n) is 3.08. The average Bonchev–Trinajstić information content (AvgIpc) is 2.41. The summed E-state index contributed by atoms with van der Waals surface area (Å²) in [5.41, 5.74) is 8.85. The van der Waals surface area contributed by atoms with E-state index in [0.29, 0.717) is 4.47 Å². The summed E-state index contributed by atoms with van der Waals surface area (Å²) in [6.07, 6.45) is 0. The number of aryl methyl sites for hydroxylation is 1. The summed E-state index contributed by atoms with van der Waals surface area (Å²) in [7, 11) is 1.63. The van der Waals surface area contributed by atoms with Crippen molar-refractivity contribution in [1.29, 1.82) is 0 Å². The summed E-state index contributed by atoms with van der Waals surface area (Å²) in [4.78, 5) is 0. The van der Waals surface area contributed by atoms with Crippen molar-refractivity contribution in [3.05, 3.63) is 63.4 Å². The number of hydrogen-bond donors (Lipinski definition) is 1. The zero-order chi connectivity index (χ0) is 14.0. The van der Waals surface area contributed by atoms with E-state index >= 15 is 0 Å². The molecule has 0 fully saturated rings. The summed E-state index contributed by atoms with van der Waals surface area (Å²) in [5, 5.41) is 0. The number of benzene rings is 2. The molecule has 0 saturated heterocycles. The van der Waals surface area contributed by atoms with Gasteiger partial charge in [0.1, 0.15) is 11.6 Å². The molecular weight excluding hydrogens is 309 g/mol. The normalized spacial score (nSPS) is 12.3. The van der Waals surface area contributed by atoms with Gasteiger partial charge in [-0.25, -0.2) is 4.39 Å². The third kappa shape index (κ3) is 2.96. The van der Waals surface area contributed by atoms with Crippen LogP contribution >= 0.6 is 15.9 Å². The average molecular weight is 324 g/mol. The Kier molecular flexibility index (Phi) is 4.22. The lowest BCUT2D eigenvalue weighted by molar-refractivity contribution is 0.411. The molecule has 19 heavy (non-hydrogen) atoms. The van der Waals surface area contributed by atoms with Crippen LogP contribution in [0.1, 0.15) is 22.7 Å². The second-order valence-electron chi connectivity index (χ2n) is 4.38. The first-order valence-electron chi connectivity index (χ1n) is 5.88. The van der Waals surface area contributed by atoms with Crippen LogP contribution in [0.4, 0.5) is 4.39 Å². The van der Waals surface area contributed by atoms with Gasteiger partial charge in [0.25, 0.3) is 0 Å². The van der Waals surface area contributed by atoms with E-state index < -0.39 is 0 Å². The van der Waals surface area contributed by atoms with Gasteiger partial charge >= 0.3 is 0 Å². The molecule has 0 spiro atoms. The Morgan fingerprint density at radius 1 is 1.16 bits per heavy atom. The van der Waals surface area contributed by atoms with Crippen molar-refractivity contribution >= 4 is 15.9 Å². The third-order valence-corrected chi connectivity index (χ3v) is 3.72. The highest BCUT2D eigenvalue weighted by Crippen LogP contribution is 2.27. The van der Waals surface area contributed by atoms with Gasteiger partial charge in [-0.15, -0.1) is 0 Å². The Bertz CT molecular complexity index is 601. The van der Waals surface area contributed by atoms with Gasteiger partial charge in [-0.3, -0.25) is 0 Å². The van der Waals surface area contributed by atoms with Crippen molar-refractivity contribution in [2.45, 2.75) is 13.0 Å². The number of hydrogen-bond acceptors (Lipinski definition) is 2. The van der Waals surface area contributed by atoms with Gasteiger partial charge in [-0.05, 0) is 57.7 Å². The van der Waals surface area contributed by atoms with Gasteiger partial charge in [0.15, 0.2) is 0 Å². The molecule has 0 aliphatic rings. The zero-order valence-corrected chi connectivity index (χ0v) is 12.4. The number of rotatable bonds is 3. The van der Waals surface area contributed by atoms with Crippen LogP contribution in [-0.4, -0.2) is 7.11 Å². The smallest absolute Gasteiger partial charge is 0.137 e. The first kappa shape index (κ1) is 14.0. The van der Waals surface area contributed by atoms with E-state index in [1.165, 1.54) is 6.07 Å². The largest absolute Gasteiger partial charge is 0.496 e. The summed E-state index contributed by atoms with van der Waals surface area (Å²) < 4.78 is 19.2. The summed E-state index contributed by atoms with van der Waals surface area (Å²) >= 11 is 3.13. The van der Waals surface area contributed by atoms with Crippen molar-refractivity contribution in [2.75, 3.05) is 7.11 Å². The van der Waals surface area contributed by atoms with Gasteiger partial charge in [0, 0.05) is 0 Å². The van der Waals surface area contributed by atoms with E-state index in [1.807, 2.05) is 31.2 Å². The molecule has 0 amide bonds. The molecule has 0 aliphatic carbocycles. The quantitative estimate of drug-likeness (QED) is 0.928. The molecule has 2 N–H and O–H groups in total. The molecule has 0 saturated carbocycles. The molecule has 2 rings (SSSR count). The van der Waals surface area contributed by atoms with Crippen molar-refractivity contribution < 1.29 is 9.13 Å². The number of nitrogens with two attached hydrogens (primary N) is 1. The maximum atomic E-state index is 13.5. The number of ether oxygens (including phenoxy) is 1. The molecule has 2 aromatic carbocycles. The Hall–Kier alpha value is -1.39. The van der Waals surface area contributed by atoms with Crippen molar-refractivity contribution in [3.63, 3.8) is 0 Å². The van der Waals surface area contributed by atoms with E-state index in [-0.39, 0.29) is 11.9 Å². The monoisotopic (exact) mass is 323 g/mol. The van der Waals surface area contributed by atoms with Crippen LogP contribution < -0.4 is 10.5 Å². The Morgan fingerprint density at radius 3 is 2.37 bits per heavy atom. The first-order valence-corrected chi connectivity index (χ1v) is 6.67. The molecule has 2 nitrogen and oxygen atoms in total. The van der Waals surface area contributed by atoms with Gasteiger partial charge in [-0.2, -0.15) is 0 Å². The molecule has 0 aromatic heterocycles. The van der Waals surface area contributed by atoms with Crippen LogP contribution in [0.5, 0.6) is 5.75 Å². The van der Waals surface area contributed by atoms with E-state index in [0.717, 1.165) is 22.4 Å². The highest BCUT2D eigenvalue weighted by atomic mass is 79.9. The molecule has 1 atom stereocenters. The van der Waals surface area contributed by atoms with E-state index in [4.69, 9.17) is 10.5 Å². The van der Waals surface area contributed by atoms with E-state index in [9.17, 15) is 4.39 Å². The topological polar surface area (TPSA) is 35.2 Å². The second-order valence-corrected chi connectivity index (χ2v) is 5.23. The molecule has 100 valence electrons. The predicted molar refractivity (Wildman–Crippen MR) is 77.9 cm³/mol. The maximum absolute atomic E-state index is 13.5. The van der Waals surface area contributed by atoms with Gasteiger partial charge in [0.2, 0.25) is 0 Å². The Morgan fingerprint density at radius 2 is 1.79 bits per heavy atom. The van der Waals surface area contributed by atoms with Crippen LogP contribution in [0, 0.1) is 12.7 Å². The standard InChI is InChI=1S/C15H15BrFNO/c1-9-7-10(4-6-14(9)19-2)15(18)11-3-5-12(16)13(17)8-11/h3-8,15H,18H2,1-2H3. The molecule has 0 heterocycles. The minimum absolute atomic E-state index is 0.307. The highest BCUT2D eigenvalue weighted by Gasteiger charge is 2.12. The van der Waals surface area contributed by atoms with Gasteiger partial charge in [0.05, 0.1) is 17.6 Å². The lowest BCUT2D eigenvalue weighted by Crippen LogP contribution is -2.12. The maximum Gasteiger partial charge on any atom is 0.137 e. The SMILES string of the molecule is COc1ccc(C(N)c2ccc(Br)c(F)c2)cc1C. The summed E-state index contributed by atoms with van der Waals surface area (Å²) in [5.74, 6) is 0.510. The molecule has 4 heteroatoms. The van der Waals surface area contributed by atoms with Crippen LogP contribution in [0.2, 0.25) is 0 Å². The van der Waals surface area contributed by atoms with Crippen molar-refractivity contribution in [3.8, 4) is 5.75 Å². The fraction of sp³-hybridized carbons (Fsp3) is 0.200. The minimum Gasteiger partial charge on any atom is -0.496 e. The van der Waals surface area contributed by atoms with Crippen molar-refractivity contribution in [1.82, 2.24) is 0 Å². The van der Waals surface area contributed by atoms with Gasteiger partial charge in [-0.1, -0.05) is 18.2 Å². The molecule has 0 aliphatic heterocycles.